The molecule has 0 aliphatic heterocycles. The van der Waals surface area contributed by atoms with Crippen molar-refractivity contribution in [3.63, 3.8) is 0 Å². The van der Waals surface area contributed by atoms with Gasteiger partial charge in [-0.25, -0.2) is 14.6 Å². The first-order chi connectivity index (χ1) is 12.0. The molecule has 0 aliphatic rings. The lowest BCUT2D eigenvalue weighted by Crippen LogP contribution is -2.09. The number of aryl methyl sites for hydroxylation is 3. The van der Waals surface area contributed by atoms with Gasteiger partial charge in [0.05, 0.1) is 10.6 Å². The van der Waals surface area contributed by atoms with Gasteiger partial charge in [-0.15, -0.1) is 0 Å². The molecule has 8 heteroatoms. The molecular weight excluding hydrogens is 320 g/mol. The molecule has 1 aromatic carbocycles. The van der Waals surface area contributed by atoms with E-state index in [2.05, 4.69) is 27.3 Å². The molecule has 0 fully saturated rings. The first-order valence-electron chi connectivity index (χ1n) is 7.88. The Bertz CT molecular complexity index is 917. The van der Waals surface area contributed by atoms with Crippen molar-refractivity contribution < 1.29 is 4.92 Å². The fourth-order valence-electron chi connectivity index (χ4n) is 2.59. The monoisotopic (exact) mass is 338 g/mol. The Kier molecular flexibility index (Phi) is 4.42. The highest BCUT2D eigenvalue weighted by atomic mass is 16.6. The molecule has 0 radical (unpaired) electrons. The molecule has 0 unspecified atom stereocenters. The van der Waals surface area contributed by atoms with E-state index in [0.29, 0.717) is 0 Å². The van der Waals surface area contributed by atoms with Gasteiger partial charge in [-0.2, -0.15) is 5.10 Å². The van der Waals surface area contributed by atoms with Gasteiger partial charge >= 0.3 is 5.69 Å². The molecule has 8 nitrogen and oxygen atoms in total. The molecule has 0 saturated carbocycles. The molecular formula is C17H18N6O2. The highest BCUT2D eigenvalue weighted by molar-refractivity contribution is 5.70. The summed E-state index contributed by atoms with van der Waals surface area (Å²) in [5, 5.41) is 19.0. The fraction of sp³-hybridized carbons (Fsp3) is 0.235. The smallest absolute Gasteiger partial charge is 0.334 e. The molecule has 1 N–H and O–H groups in total. The summed E-state index contributed by atoms with van der Waals surface area (Å²) in [5.74, 6) is 0.269. The summed E-state index contributed by atoms with van der Waals surface area (Å²) in [5.41, 5.74) is 3.21. The number of nitrogens with one attached hydrogen (secondary N) is 1. The predicted molar refractivity (Wildman–Crippen MR) is 94.4 cm³/mol. The second-order valence-corrected chi connectivity index (χ2v) is 5.67. The number of nitro groups is 1. The molecule has 0 amide bonds. The minimum absolute atomic E-state index is 0.131. The predicted octanol–water partition coefficient (Wildman–Crippen LogP) is 3.49. The highest BCUT2D eigenvalue weighted by Crippen LogP contribution is 2.30. The average Bonchev–Trinajstić information content (AvgIpc) is 2.93. The number of aromatic nitrogens is 4. The Morgan fingerprint density at radius 2 is 1.92 bits per heavy atom. The summed E-state index contributed by atoms with van der Waals surface area (Å²) in [6.45, 7) is 5.71. The summed E-state index contributed by atoms with van der Waals surface area (Å²) < 4.78 is 1.46. The van der Waals surface area contributed by atoms with Crippen LogP contribution in [0.3, 0.4) is 0 Å². The zero-order valence-electron chi connectivity index (χ0n) is 14.2. The topological polar surface area (TPSA) is 98.8 Å². The maximum Gasteiger partial charge on any atom is 0.355 e. The molecule has 128 valence electrons. The van der Waals surface area contributed by atoms with Gasteiger partial charge in [0.25, 0.3) is 0 Å². The quantitative estimate of drug-likeness (QED) is 0.565. The standard InChI is InChI=1S/C17H18N6O2/c1-4-13-5-7-14(8-6-13)20-16-15(23(24)25)17(19-10-18-16)22-12(3)9-11(2)21-22/h5-10H,4H2,1-3H3,(H,18,19,20). The highest BCUT2D eigenvalue weighted by Gasteiger charge is 2.26. The van der Waals surface area contributed by atoms with E-state index in [9.17, 15) is 10.1 Å². The Morgan fingerprint density at radius 1 is 1.20 bits per heavy atom. The zero-order chi connectivity index (χ0) is 18.0. The van der Waals surface area contributed by atoms with Gasteiger partial charge in [-0.3, -0.25) is 10.1 Å². The van der Waals surface area contributed by atoms with Crippen molar-refractivity contribution in [2.45, 2.75) is 27.2 Å². The number of hydrogen-bond donors (Lipinski definition) is 1. The van der Waals surface area contributed by atoms with Gasteiger partial charge in [0.15, 0.2) is 0 Å². The molecule has 3 rings (SSSR count). The van der Waals surface area contributed by atoms with E-state index in [1.165, 1.54) is 16.6 Å². The Labute approximate surface area is 144 Å². The molecule has 3 aromatic rings. The molecule has 0 atom stereocenters. The minimum Gasteiger partial charge on any atom is -0.334 e. The molecule has 2 heterocycles. The third kappa shape index (κ3) is 3.32. The van der Waals surface area contributed by atoms with Crippen molar-refractivity contribution in [3.8, 4) is 5.82 Å². The number of benzene rings is 1. The minimum atomic E-state index is -0.492. The van der Waals surface area contributed by atoms with Crippen molar-refractivity contribution in [3.05, 3.63) is 63.7 Å². The first kappa shape index (κ1) is 16.6. The molecule has 0 spiro atoms. The van der Waals surface area contributed by atoms with Crippen molar-refractivity contribution in [1.29, 1.82) is 0 Å². The second-order valence-electron chi connectivity index (χ2n) is 5.67. The molecule has 0 bridgehead atoms. The Balaban J connectivity index is 2.06. The van der Waals surface area contributed by atoms with Gasteiger partial charge in [0, 0.05) is 11.4 Å². The van der Waals surface area contributed by atoms with Gasteiger partial charge in [-0.05, 0) is 44.0 Å². The number of nitrogens with zero attached hydrogens (tertiary/aromatic N) is 5. The van der Waals surface area contributed by atoms with Crippen LogP contribution in [-0.2, 0) is 6.42 Å². The van der Waals surface area contributed by atoms with Crippen LogP contribution in [0.15, 0.2) is 36.7 Å². The lowest BCUT2D eigenvalue weighted by molar-refractivity contribution is -0.384. The molecule has 2 aromatic heterocycles. The van der Waals surface area contributed by atoms with E-state index in [1.807, 2.05) is 44.2 Å². The van der Waals surface area contributed by atoms with E-state index < -0.39 is 4.92 Å². The van der Waals surface area contributed by atoms with Crippen LogP contribution in [0.4, 0.5) is 17.2 Å². The maximum atomic E-state index is 11.7. The van der Waals surface area contributed by atoms with E-state index in [4.69, 9.17) is 0 Å². The fourth-order valence-corrected chi connectivity index (χ4v) is 2.59. The Hall–Kier alpha value is -3.29. The second kappa shape index (κ2) is 6.68. The van der Waals surface area contributed by atoms with Gasteiger partial charge in [-0.1, -0.05) is 19.1 Å². The van der Waals surface area contributed by atoms with E-state index in [-0.39, 0.29) is 17.3 Å². The number of anilines is 2. The lowest BCUT2D eigenvalue weighted by Gasteiger charge is -2.10. The average molecular weight is 338 g/mol. The summed E-state index contributed by atoms with van der Waals surface area (Å²) in [6.07, 6.45) is 2.22. The normalized spacial score (nSPS) is 10.7. The van der Waals surface area contributed by atoms with Crippen molar-refractivity contribution in [2.75, 3.05) is 5.32 Å². The van der Waals surface area contributed by atoms with Crippen molar-refractivity contribution in [2.24, 2.45) is 0 Å². The van der Waals surface area contributed by atoms with Crippen LogP contribution in [0.1, 0.15) is 23.9 Å². The van der Waals surface area contributed by atoms with E-state index in [0.717, 1.165) is 23.5 Å². The molecule has 0 saturated heterocycles. The van der Waals surface area contributed by atoms with Crippen LogP contribution in [0.2, 0.25) is 0 Å². The van der Waals surface area contributed by atoms with Gasteiger partial charge < -0.3 is 5.32 Å². The van der Waals surface area contributed by atoms with Crippen LogP contribution in [0.5, 0.6) is 0 Å². The van der Waals surface area contributed by atoms with Crippen molar-refractivity contribution >= 4 is 17.2 Å². The van der Waals surface area contributed by atoms with Crippen LogP contribution in [0, 0.1) is 24.0 Å². The van der Waals surface area contributed by atoms with E-state index >= 15 is 0 Å². The first-order valence-corrected chi connectivity index (χ1v) is 7.88. The lowest BCUT2D eigenvalue weighted by atomic mass is 10.1. The summed E-state index contributed by atoms with van der Waals surface area (Å²) in [4.78, 5) is 19.3. The van der Waals surface area contributed by atoms with Gasteiger partial charge in [0.2, 0.25) is 11.6 Å². The number of hydrogen-bond acceptors (Lipinski definition) is 6. The van der Waals surface area contributed by atoms with Crippen LogP contribution in [0.25, 0.3) is 5.82 Å². The molecule has 0 aliphatic carbocycles. The van der Waals surface area contributed by atoms with Crippen LogP contribution in [-0.4, -0.2) is 24.7 Å². The van der Waals surface area contributed by atoms with Crippen molar-refractivity contribution in [1.82, 2.24) is 19.7 Å². The van der Waals surface area contributed by atoms with E-state index in [1.54, 1.807) is 0 Å². The summed E-state index contributed by atoms with van der Waals surface area (Å²) in [7, 11) is 0. The Morgan fingerprint density at radius 3 is 2.48 bits per heavy atom. The van der Waals surface area contributed by atoms with Crippen LogP contribution < -0.4 is 5.32 Å². The third-order valence-electron chi connectivity index (χ3n) is 3.82. The summed E-state index contributed by atoms with van der Waals surface area (Å²) >= 11 is 0. The summed E-state index contributed by atoms with van der Waals surface area (Å²) in [6, 6.07) is 9.51. The molecule has 25 heavy (non-hydrogen) atoms. The number of rotatable bonds is 5. The largest absolute Gasteiger partial charge is 0.355 e. The maximum absolute atomic E-state index is 11.7. The van der Waals surface area contributed by atoms with Gasteiger partial charge in [0.1, 0.15) is 6.33 Å². The zero-order valence-corrected chi connectivity index (χ0v) is 14.2. The SMILES string of the molecule is CCc1ccc(Nc2ncnc(-n3nc(C)cc3C)c2[N+](=O)[O-])cc1. The van der Waals surface area contributed by atoms with Crippen LogP contribution >= 0.6 is 0 Å². The third-order valence-corrected chi connectivity index (χ3v) is 3.82.